The van der Waals surface area contributed by atoms with Crippen molar-refractivity contribution in [1.29, 1.82) is 0 Å². The molecule has 0 heterocycles. The van der Waals surface area contributed by atoms with E-state index in [-0.39, 0.29) is 406 Å². The molecule has 26 heteroatoms. The minimum absolute atomic E-state index is 0. The van der Waals surface area contributed by atoms with Crippen LogP contribution in [0.4, 0.5) is 0 Å². The first-order valence-electron chi connectivity index (χ1n) is 21.2. The van der Waals surface area contributed by atoms with Gasteiger partial charge >= 0.3 is 0 Å². The first-order valence-corrected chi connectivity index (χ1v) is 21.2. The summed E-state index contributed by atoms with van der Waals surface area (Å²) < 4.78 is 0. The van der Waals surface area contributed by atoms with Crippen LogP contribution < -0.4 is 0 Å². The summed E-state index contributed by atoms with van der Waals surface area (Å²) in [6.07, 6.45) is 0.833. The number of rotatable bonds is 20. The monoisotopic (exact) mass is 1990 g/mol. The van der Waals surface area contributed by atoms with Gasteiger partial charge in [0.25, 0.3) is 0 Å². The van der Waals surface area contributed by atoms with E-state index in [4.69, 9.17) is 0 Å². The van der Waals surface area contributed by atoms with Gasteiger partial charge in [0.1, 0.15) is 116 Å². The first-order chi connectivity index (χ1) is 31.3. The van der Waals surface area contributed by atoms with Gasteiger partial charge < -0.3 is 0 Å². The third-order valence-electron chi connectivity index (χ3n) is 4.98. The fourth-order valence-electron chi connectivity index (χ4n) is 3.51. The molecule has 0 atom stereocenters. The van der Waals surface area contributed by atoms with Gasteiger partial charge in [-0.25, -0.2) is 0 Å². The number of hydrogen-bond donors (Lipinski definition) is 0. The van der Waals surface area contributed by atoms with Gasteiger partial charge in [0, 0.05) is 226 Å². The zero-order valence-corrected chi connectivity index (χ0v) is 58.7. The maximum absolute atomic E-state index is 10.0. The Balaban J connectivity index is -0.0000000373. The normalized spacial score (nSPS) is 7.63. The summed E-state index contributed by atoms with van der Waals surface area (Å²) in [5.41, 5.74) is 0. The average Bonchev–Trinajstić information content (AvgIpc) is 3.01. The minimum Gasteiger partial charge on any atom is -0.300 e. The van der Waals surface area contributed by atoms with E-state index >= 15 is 0 Å². The standard InChI is InChI=1S/10C5H8O2.6Ho/c10*1-4(6)3-5(2)7;;;;;;/h10*3H2,1-2H3;;;;;;. The van der Waals surface area contributed by atoms with Crippen molar-refractivity contribution < 1.29 is 322 Å². The molecule has 0 aliphatic carbocycles. The summed E-state index contributed by atoms with van der Waals surface area (Å²) in [6.45, 7) is 28.1. The maximum Gasteiger partial charge on any atom is 0.137 e. The molecular formula is C50H80Ho6O20. The van der Waals surface area contributed by atoms with Crippen LogP contribution in [-0.4, -0.2) is 116 Å². The van der Waals surface area contributed by atoms with Gasteiger partial charge in [0.05, 0.1) is 64.2 Å². The van der Waals surface area contributed by atoms with Crippen molar-refractivity contribution in [3.63, 3.8) is 0 Å². The average molecular weight is 1990 g/mol. The number of ketones is 20. The summed E-state index contributed by atoms with van der Waals surface area (Å²) in [5, 5.41) is 0. The predicted octanol–water partition coefficient (Wildman–Crippen LogP) is 5.55. The second-order valence-corrected chi connectivity index (χ2v) is 15.8. The van der Waals surface area contributed by atoms with E-state index in [0.717, 1.165) is 0 Å². The number of Topliss-reactive ketones (excluding diaryl/α,β-unsaturated/α-hetero) is 20. The van der Waals surface area contributed by atoms with Crippen LogP contribution in [-0.2, 0) is 95.9 Å². The van der Waals surface area contributed by atoms with Crippen LogP contribution in [0.2, 0.25) is 0 Å². The van der Waals surface area contributed by atoms with Gasteiger partial charge in [-0.05, 0) is 138 Å². The Kier molecular flexibility index (Phi) is 133. The smallest absolute Gasteiger partial charge is 0.137 e. The molecule has 76 heavy (non-hydrogen) atoms. The van der Waals surface area contributed by atoms with Crippen molar-refractivity contribution in [1.82, 2.24) is 0 Å². The molecule has 0 aliphatic rings. The summed E-state index contributed by atoms with van der Waals surface area (Å²) in [4.78, 5) is 201. The summed E-state index contributed by atoms with van der Waals surface area (Å²) in [6, 6.07) is 0. The SMILES string of the molecule is CC(=O)CC(C)=O.CC(=O)CC(C)=O.CC(=O)CC(C)=O.CC(=O)CC(C)=O.CC(=O)CC(C)=O.CC(=O)CC(C)=O.CC(=O)CC(C)=O.CC(=O)CC(C)=O.CC(=O)CC(C)=O.CC(=O)CC(C)=O.[Ho].[Ho].[Ho].[Ho].[Ho].[Ho]. The third-order valence-corrected chi connectivity index (χ3v) is 4.98. The molecule has 0 aromatic carbocycles. The molecule has 0 aromatic heterocycles. The molecule has 6 radical (unpaired) electrons. The Hall–Kier alpha value is 0.958. The van der Waals surface area contributed by atoms with E-state index in [1.165, 1.54) is 138 Å². The molecule has 466 valence electrons. The maximum atomic E-state index is 10.0. The first kappa shape index (κ1) is 119. The van der Waals surface area contributed by atoms with Crippen molar-refractivity contribution in [3.8, 4) is 0 Å². The fraction of sp³-hybridized carbons (Fsp3) is 0.600. The van der Waals surface area contributed by atoms with Crippen LogP contribution in [0.5, 0.6) is 0 Å². The molecule has 0 aromatic rings. The van der Waals surface area contributed by atoms with Gasteiger partial charge in [-0.1, -0.05) is 0 Å². The van der Waals surface area contributed by atoms with E-state index in [9.17, 15) is 95.9 Å². The van der Waals surface area contributed by atoms with Gasteiger partial charge in [0.2, 0.25) is 0 Å². The second-order valence-electron chi connectivity index (χ2n) is 15.8. The van der Waals surface area contributed by atoms with Gasteiger partial charge in [-0.2, -0.15) is 0 Å². The zero-order chi connectivity index (χ0) is 58.6. The largest absolute Gasteiger partial charge is 0.300 e. The molecular weight excluding hydrogens is 1910 g/mol. The molecule has 0 amide bonds. The molecule has 0 saturated heterocycles. The Morgan fingerprint density at radius 2 is 0.145 bits per heavy atom. The predicted molar refractivity (Wildman–Crippen MR) is 260 cm³/mol. The van der Waals surface area contributed by atoms with Gasteiger partial charge in [-0.3, -0.25) is 95.9 Å². The van der Waals surface area contributed by atoms with Crippen LogP contribution in [0.25, 0.3) is 0 Å². The zero-order valence-electron chi connectivity index (χ0n) is 47.0. The van der Waals surface area contributed by atoms with Crippen molar-refractivity contribution in [2.24, 2.45) is 0 Å². The Labute approximate surface area is 630 Å². The Morgan fingerprint density at radius 3 is 0.145 bits per heavy atom. The second kappa shape index (κ2) is 84.8. The number of carbonyl (C=O) groups excluding carboxylic acids is 20. The minimum atomic E-state index is -0.0625. The summed E-state index contributed by atoms with van der Waals surface area (Å²) in [7, 11) is 0. The van der Waals surface area contributed by atoms with Gasteiger partial charge in [-0.15, -0.1) is 0 Å². The van der Waals surface area contributed by atoms with E-state index in [2.05, 4.69) is 0 Å². The van der Waals surface area contributed by atoms with E-state index in [1.807, 2.05) is 0 Å². The van der Waals surface area contributed by atoms with Crippen molar-refractivity contribution in [3.05, 3.63) is 0 Å². The van der Waals surface area contributed by atoms with Crippen LogP contribution in [0.15, 0.2) is 0 Å². The quantitative estimate of drug-likeness (QED) is 0.107. The summed E-state index contributed by atoms with van der Waals surface area (Å²) >= 11 is 0. The molecule has 0 spiro atoms. The molecule has 0 saturated carbocycles. The van der Waals surface area contributed by atoms with E-state index < -0.39 is 0 Å². The summed E-state index contributed by atoms with van der Waals surface area (Å²) in [5.74, 6) is -1.25. The van der Waals surface area contributed by atoms with Crippen LogP contribution in [0.3, 0.4) is 0 Å². The Bertz CT molecular complexity index is 1280. The molecule has 0 rings (SSSR count). The third kappa shape index (κ3) is 244. The number of carbonyl (C=O) groups is 20. The van der Waals surface area contributed by atoms with Crippen LogP contribution in [0, 0.1) is 226 Å². The van der Waals surface area contributed by atoms with Gasteiger partial charge in [0.15, 0.2) is 0 Å². The molecule has 0 N–H and O–H groups in total. The molecule has 0 bridgehead atoms. The topological polar surface area (TPSA) is 341 Å². The van der Waals surface area contributed by atoms with E-state index in [0.29, 0.717) is 0 Å². The van der Waals surface area contributed by atoms with Crippen molar-refractivity contribution in [2.75, 3.05) is 0 Å². The van der Waals surface area contributed by atoms with Crippen LogP contribution in [0.1, 0.15) is 203 Å². The Morgan fingerprint density at radius 1 is 0.118 bits per heavy atom. The van der Waals surface area contributed by atoms with Crippen molar-refractivity contribution >= 4 is 116 Å². The number of hydrogen-bond acceptors (Lipinski definition) is 20. The molecule has 0 aliphatic heterocycles. The fourth-order valence-corrected chi connectivity index (χ4v) is 3.51. The van der Waals surface area contributed by atoms with Crippen molar-refractivity contribution in [2.45, 2.75) is 203 Å². The molecule has 0 unspecified atom stereocenters. The van der Waals surface area contributed by atoms with E-state index in [1.54, 1.807) is 0 Å². The molecule has 20 nitrogen and oxygen atoms in total. The van der Waals surface area contributed by atoms with Crippen LogP contribution >= 0.6 is 0 Å². The molecule has 0 fully saturated rings.